The van der Waals surface area contributed by atoms with Crippen molar-refractivity contribution >= 4 is 51.9 Å². The van der Waals surface area contributed by atoms with E-state index in [-0.39, 0.29) is 31.0 Å². The summed E-state index contributed by atoms with van der Waals surface area (Å²) in [6.07, 6.45) is 1.72. The van der Waals surface area contributed by atoms with E-state index in [1.165, 1.54) is 23.0 Å². The minimum Gasteiger partial charge on any atom is -0.490 e. The first kappa shape index (κ1) is 34.5. The molecule has 0 saturated heterocycles. The second-order valence-corrected chi connectivity index (χ2v) is 11.7. The summed E-state index contributed by atoms with van der Waals surface area (Å²) < 4.78 is 35.4. The average molecular weight is 762 g/mol. The van der Waals surface area contributed by atoms with Crippen molar-refractivity contribution in [3.63, 3.8) is 0 Å². The van der Waals surface area contributed by atoms with E-state index >= 15 is 0 Å². The van der Waals surface area contributed by atoms with Gasteiger partial charge in [-0.25, -0.2) is 14.6 Å². The van der Waals surface area contributed by atoms with Gasteiger partial charge in [-0.3, -0.25) is 9.36 Å². The maximum Gasteiger partial charge on any atom is 0.343 e. The maximum atomic E-state index is 14.1. The lowest BCUT2D eigenvalue weighted by atomic mass is 9.95. The van der Waals surface area contributed by atoms with Crippen molar-refractivity contribution in [2.75, 3.05) is 40.1 Å². The van der Waals surface area contributed by atoms with E-state index in [0.29, 0.717) is 65.9 Å². The molecule has 1 atom stereocenters. The van der Waals surface area contributed by atoms with Gasteiger partial charge in [0.2, 0.25) is 0 Å². The van der Waals surface area contributed by atoms with Crippen LogP contribution in [0, 0.1) is 14.9 Å². The molecule has 0 amide bonds. The van der Waals surface area contributed by atoms with Crippen molar-refractivity contribution in [2.45, 2.75) is 33.7 Å². The Morgan fingerprint density at radius 2 is 1.78 bits per heavy atom. The highest BCUT2D eigenvalue weighted by atomic mass is 127. The zero-order valence-electron chi connectivity index (χ0n) is 25.9. The standard InChI is InChI=1S/C32H32IN3O9S/c1-6-41-23-16-20(9-10-22(23)45-17-26(37)40-5)28-27(31(39)43-8-3)18(4)35-32-36(28)30(38)25(46-32)15-19-13-21(33)29(44-12-11-34)24(14-19)42-7-2/h9-10,13-16,28H,6-8,12,17H2,1-5H3/b25-15-/t28-/m0/s1. The van der Waals surface area contributed by atoms with E-state index < -0.39 is 18.0 Å². The van der Waals surface area contributed by atoms with Crippen molar-refractivity contribution < 1.29 is 38.0 Å². The van der Waals surface area contributed by atoms with Gasteiger partial charge in [-0.15, -0.1) is 0 Å². The molecule has 0 spiro atoms. The van der Waals surface area contributed by atoms with Crippen molar-refractivity contribution in [1.29, 1.82) is 5.26 Å². The van der Waals surface area contributed by atoms with Gasteiger partial charge in [0.1, 0.15) is 6.07 Å². The van der Waals surface area contributed by atoms with Crippen LogP contribution in [0.25, 0.3) is 6.08 Å². The zero-order chi connectivity index (χ0) is 33.4. The SMILES string of the molecule is CCOC(=O)C1=C(C)N=c2s/c(=C\c3cc(I)c(OCC#N)c(OCC)c3)c(=O)n2[C@H]1c1ccc(OCC(=O)OC)c(OCC)c1. The van der Waals surface area contributed by atoms with Gasteiger partial charge in [0, 0.05) is 0 Å². The highest BCUT2D eigenvalue weighted by Crippen LogP contribution is 2.37. The van der Waals surface area contributed by atoms with Crippen LogP contribution in [0.4, 0.5) is 0 Å². The average Bonchev–Trinajstić information content (AvgIpc) is 3.33. The van der Waals surface area contributed by atoms with Crippen molar-refractivity contribution in [2.24, 2.45) is 4.99 Å². The Morgan fingerprint density at radius 1 is 1.04 bits per heavy atom. The van der Waals surface area contributed by atoms with Crippen LogP contribution in [-0.4, -0.2) is 56.6 Å². The van der Waals surface area contributed by atoms with Crippen molar-refractivity contribution in [1.82, 2.24) is 4.57 Å². The molecule has 0 aliphatic carbocycles. The summed E-state index contributed by atoms with van der Waals surface area (Å²) in [5.74, 6) is 0.343. The van der Waals surface area contributed by atoms with Crippen molar-refractivity contribution in [3.05, 3.63) is 76.0 Å². The fourth-order valence-corrected chi connectivity index (χ4v) is 6.54. The molecular formula is C32H32IN3O9S. The fourth-order valence-electron chi connectivity index (χ4n) is 4.71. The van der Waals surface area contributed by atoms with Crippen LogP contribution in [0.5, 0.6) is 23.0 Å². The van der Waals surface area contributed by atoms with Crippen LogP contribution in [0.2, 0.25) is 0 Å². The molecule has 46 heavy (non-hydrogen) atoms. The van der Waals surface area contributed by atoms with Gasteiger partial charge in [0.25, 0.3) is 5.56 Å². The number of rotatable bonds is 13. The molecule has 1 aromatic heterocycles. The van der Waals surface area contributed by atoms with E-state index in [2.05, 4.69) is 32.3 Å². The van der Waals surface area contributed by atoms with Gasteiger partial charge in [-0.2, -0.15) is 5.26 Å². The van der Waals surface area contributed by atoms with Crippen LogP contribution >= 0.6 is 33.9 Å². The first-order valence-electron chi connectivity index (χ1n) is 14.3. The van der Waals surface area contributed by atoms with E-state index in [9.17, 15) is 14.4 Å². The molecule has 0 fully saturated rings. The summed E-state index contributed by atoms with van der Waals surface area (Å²) >= 11 is 3.27. The van der Waals surface area contributed by atoms with Gasteiger partial charge in [-0.1, -0.05) is 17.4 Å². The van der Waals surface area contributed by atoms with Gasteiger partial charge in [0.15, 0.2) is 41.0 Å². The summed E-state index contributed by atoms with van der Waals surface area (Å²) in [6.45, 7) is 7.37. The smallest absolute Gasteiger partial charge is 0.343 e. The number of nitriles is 1. The molecule has 4 rings (SSSR count). The molecule has 0 unspecified atom stereocenters. The Balaban J connectivity index is 1.90. The molecule has 3 aromatic rings. The van der Waals surface area contributed by atoms with Crippen LogP contribution in [0.1, 0.15) is 44.9 Å². The third kappa shape index (κ3) is 7.53. The first-order valence-corrected chi connectivity index (χ1v) is 16.2. The summed E-state index contributed by atoms with van der Waals surface area (Å²) in [6, 6.07) is 9.61. The summed E-state index contributed by atoms with van der Waals surface area (Å²) in [5.41, 5.74) is 1.47. The Kier molecular flexibility index (Phi) is 11.8. The Morgan fingerprint density at radius 3 is 2.46 bits per heavy atom. The molecule has 1 aliphatic rings. The third-order valence-corrected chi connectivity index (χ3v) is 8.37. The molecule has 12 nitrogen and oxygen atoms in total. The number of carbonyl (C=O) groups is 2. The predicted molar refractivity (Wildman–Crippen MR) is 177 cm³/mol. The first-order chi connectivity index (χ1) is 22.2. The molecule has 1 aliphatic heterocycles. The molecule has 0 saturated carbocycles. The third-order valence-electron chi connectivity index (χ3n) is 6.58. The minimum atomic E-state index is -0.896. The number of aromatic nitrogens is 1. The van der Waals surface area contributed by atoms with Crippen LogP contribution in [0.15, 0.2) is 51.4 Å². The largest absolute Gasteiger partial charge is 0.490 e. The van der Waals surface area contributed by atoms with Crippen molar-refractivity contribution in [3.8, 4) is 29.1 Å². The highest BCUT2D eigenvalue weighted by molar-refractivity contribution is 14.1. The number of halogens is 1. The van der Waals surface area contributed by atoms with E-state index in [1.807, 2.05) is 19.1 Å². The quantitative estimate of drug-likeness (QED) is 0.187. The number of thiazole rings is 1. The van der Waals surface area contributed by atoms with E-state index in [0.717, 1.165) is 0 Å². The predicted octanol–water partition coefficient (Wildman–Crippen LogP) is 3.65. The number of hydrogen-bond acceptors (Lipinski definition) is 12. The van der Waals surface area contributed by atoms with Gasteiger partial charge in [0.05, 0.1) is 52.3 Å². The Labute approximate surface area is 282 Å². The number of allylic oxidation sites excluding steroid dienone is 1. The molecule has 2 heterocycles. The van der Waals surface area contributed by atoms with Crippen LogP contribution < -0.4 is 33.8 Å². The van der Waals surface area contributed by atoms with Gasteiger partial charge < -0.3 is 28.4 Å². The number of fused-ring (bicyclic) bond motifs is 1. The fraction of sp³-hybridized carbons (Fsp3) is 0.344. The number of ether oxygens (including phenoxy) is 6. The molecular weight excluding hydrogens is 729 g/mol. The monoisotopic (exact) mass is 761 g/mol. The van der Waals surface area contributed by atoms with Crippen LogP contribution in [0.3, 0.4) is 0 Å². The second kappa shape index (κ2) is 15.8. The second-order valence-electron chi connectivity index (χ2n) is 9.52. The number of benzene rings is 2. The maximum absolute atomic E-state index is 14.1. The van der Waals surface area contributed by atoms with Gasteiger partial charge >= 0.3 is 11.9 Å². The Bertz CT molecular complexity index is 1890. The summed E-state index contributed by atoms with van der Waals surface area (Å²) in [5, 5.41) is 8.98. The molecule has 0 N–H and O–H groups in total. The number of hydrogen-bond donors (Lipinski definition) is 0. The zero-order valence-corrected chi connectivity index (χ0v) is 28.9. The molecule has 14 heteroatoms. The Hall–Kier alpha value is -4.36. The number of nitrogens with zero attached hydrogens (tertiary/aromatic N) is 3. The molecule has 2 aromatic carbocycles. The lowest BCUT2D eigenvalue weighted by Crippen LogP contribution is -2.40. The van der Waals surface area contributed by atoms with E-state index in [4.69, 9.17) is 28.9 Å². The summed E-state index contributed by atoms with van der Waals surface area (Å²) in [7, 11) is 1.26. The normalized spacial score (nSPS) is 14.1. The number of methoxy groups -OCH3 is 1. The lowest BCUT2D eigenvalue weighted by molar-refractivity contribution is -0.143. The van der Waals surface area contributed by atoms with Gasteiger partial charge in [-0.05, 0) is 91.8 Å². The van der Waals surface area contributed by atoms with Crippen LogP contribution in [-0.2, 0) is 19.1 Å². The highest BCUT2D eigenvalue weighted by Gasteiger charge is 2.34. The summed E-state index contributed by atoms with van der Waals surface area (Å²) in [4.78, 5) is 44.2. The topological polar surface area (TPSA) is 148 Å². The molecule has 0 radical (unpaired) electrons. The molecule has 0 bridgehead atoms. The number of esters is 2. The number of carbonyl (C=O) groups excluding carboxylic acids is 2. The van der Waals surface area contributed by atoms with E-state index in [1.54, 1.807) is 51.1 Å². The lowest BCUT2D eigenvalue weighted by Gasteiger charge is -2.25. The molecule has 242 valence electrons. The minimum absolute atomic E-state index is 0.131.